The lowest BCUT2D eigenvalue weighted by Crippen LogP contribution is -2.11. The molecule has 3 rings (SSSR count). The van der Waals surface area contributed by atoms with E-state index in [2.05, 4.69) is 5.32 Å². The number of halogens is 1. The molecule has 0 bridgehead atoms. The van der Waals surface area contributed by atoms with Crippen LogP contribution in [-0.2, 0) is 9.84 Å². The quantitative estimate of drug-likeness (QED) is 0.620. The van der Waals surface area contributed by atoms with E-state index in [1.807, 2.05) is 0 Å². The average molecular weight is 405 g/mol. The van der Waals surface area contributed by atoms with Crippen LogP contribution in [0.15, 0.2) is 59.5 Å². The predicted octanol–water partition coefficient (Wildman–Crippen LogP) is 4.31. The molecule has 0 radical (unpaired) electrons. The van der Waals surface area contributed by atoms with Crippen molar-refractivity contribution in [2.75, 3.05) is 11.1 Å². The first-order valence-electron chi connectivity index (χ1n) is 8.03. The van der Waals surface area contributed by atoms with Gasteiger partial charge in [-0.1, -0.05) is 19.1 Å². The van der Waals surface area contributed by atoms with E-state index in [-0.39, 0.29) is 27.9 Å². The number of rotatable bonds is 5. The Morgan fingerprint density at radius 2 is 1.81 bits per heavy atom. The van der Waals surface area contributed by atoms with Crippen molar-refractivity contribution in [3.63, 3.8) is 0 Å². The summed E-state index contributed by atoms with van der Waals surface area (Å²) >= 11 is 1.20. The van der Waals surface area contributed by atoms with Gasteiger partial charge in [0.1, 0.15) is 11.6 Å². The van der Waals surface area contributed by atoms with Gasteiger partial charge in [-0.3, -0.25) is 4.79 Å². The Hall–Kier alpha value is -2.71. The summed E-state index contributed by atoms with van der Waals surface area (Å²) in [6.07, 6.45) is 0. The van der Waals surface area contributed by atoms with Gasteiger partial charge in [0.05, 0.1) is 21.2 Å². The van der Waals surface area contributed by atoms with Crippen molar-refractivity contribution in [3.05, 3.63) is 65.3 Å². The van der Waals surface area contributed by atoms with E-state index in [0.29, 0.717) is 4.88 Å². The van der Waals surface area contributed by atoms with Crippen molar-refractivity contribution in [2.45, 2.75) is 11.8 Å². The molecular weight excluding hydrogens is 389 g/mol. The second kappa shape index (κ2) is 7.50. The van der Waals surface area contributed by atoms with E-state index in [4.69, 9.17) is 0 Å². The third kappa shape index (κ3) is 4.17. The molecule has 0 atom stereocenters. The summed E-state index contributed by atoms with van der Waals surface area (Å²) < 4.78 is 37.0. The molecule has 2 N–H and O–H groups in total. The smallest absolute Gasteiger partial charge is 0.265 e. The summed E-state index contributed by atoms with van der Waals surface area (Å²) in [5, 5.41) is 12.5. The maximum Gasteiger partial charge on any atom is 0.265 e. The van der Waals surface area contributed by atoms with Crippen LogP contribution in [0.25, 0.3) is 10.4 Å². The van der Waals surface area contributed by atoms with E-state index in [0.717, 1.165) is 10.4 Å². The van der Waals surface area contributed by atoms with Gasteiger partial charge >= 0.3 is 0 Å². The molecule has 0 aliphatic carbocycles. The number of nitrogens with one attached hydrogen (secondary N) is 1. The molecule has 5 nitrogen and oxygen atoms in total. The normalized spacial score (nSPS) is 11.3. The number of carbonyl (C=O) groups is 1. The number of hydrogen-bond donors (Lipinski definition) is 2. The van der Waals surface area contributed by atoms with Gasteiger partial charge in [-0.2, -0.15) is 0 Å². The predicted molar refractivity (Wildman–Crippen MR) is 103 cm³/mol. The molecule has 2 aromatic carbocycles. The maximum absolute atomic E-state index is 13.0. The number of amides is 1. The summed E-state index contributed by atoms with van der Waals surface area (Å²) in [5.74, 6) is -1.13. The van der Waals surface area contributed by atoms with Crippen molar-refractivity contribution in [2.24, 2.45) is 0 Å². The number of aromatic hydroxyl groups is 1. The number of sulfone groups is 1. The van der Waals surface area contributed by atoms with Gasteiger partial charge in [-0.15, -0.1) is 11.3 Å². The van der Waals surface area contributed by atoms with E-state index in [1.54, 1.807) is 24.3 Å². The molecule has 0 unspecified atom stereocenters. The first kappa shape index (κ1) is 19.1. The molecule has 0 aliphatic heterocycles. The molecule has 27 heavy (non-hydrogen) atoms. The molecule has 0 saturated heterocycles. The number of phenolic OH excluding ortho intramolecular Hbond substituents is 1. The Balaban J connectivity index is 1.84. The van der Waals surface area contributed by atoms with E-state index >= 15 is 0 Å². The molecule has 0 saturated carbocycles. The molecule has 0 spiro atoms. The van der Waals surface area contributed by atoms with Crippen LogP contribution in [0.2, 0.25) is 0 Å². The standard InChI is InChI=1S/C19H16FNO4S2/c1-2-27(24,25)14-7-8-16(22)15(11-14)21-19(23)18-10-9-17(26-18)12-3-5-13(20)6-4-12/h3-11,22H,2H2,1H3,(H,21,23). The Bertz CT molecular complexity index is 1090. The topological polar surface area (TPSA) is 83.5 Å². The van der Waals surface area contributed by atoms with E-state index in [1.165, 1.54) is 48.6 Å². The summed E-state index contributed by atoms with van der Waals surface area (Å²) in [6.45, 7) is 1.52. The first-order chi connectivity index (χ1) is 12.8. The lowest BCUT2D eigenvalue weighted by molar-refractivity contribution is 0.103. The highest BCUT2D eigenvalue weighted by Gasteiger charge is 2.17. The van der Waals surface area contributed by atoms with Crippen LogP contribution in [0.4, 0.5) is 10.1 Å². The molecule has 8 heteroatoms. The van der Waals surface area contributed by atoms with Gasteiger partial charge in [0.25, 0.3) is 5.91 Å². The van der Waals surface area contributed by atoms with Crippen LogP contribution < -0.4 is 5.32 Å². The molecule has 0 fully saturated rings. The Kier molecular flexibility index (Phi) is 5.29. The number of benzene rings is 2. The Labute approximate surface area is 160 Å². The first-order valence-corrected chi connectivity index (χ1v) is 10.5. The third-order valence-corrected chi connectivity index (χ3v) is 6.78. The van der Waals surface area contributed by atoms with Crippen molar-refractivity contribution in [3.8, 4) is 16.2 Å². The van der Waals surface area contributed by atoms with Gasteiger partial charge < -0.3 is 10.4 Å². The van der Waals surface area contributed by atoms with Crippen molar-refractivity contribution in [1.29, 1.82) is 0 Å². The number of hydrogen-bond acceptors (Lipinski definition) is 5. The van der Waals surface area contributed by atoms with Gasteiger partial charge in [-0.25, -0.2) is 12.8 Å². The number of thiophene rings is 1. The number of carbonyl (C=O) groups excluding carboxylic acids is 1. The van der Waals surface area contributed by atoms with Crippen molar-refractivity contribution < 1.29 is 22.7 Å². The second-order valence-corrected chi connectivity index (χ2v) is 9.07. The summed E-state index contributed by atoms with van der Waals surface area (Å²) in [7, 11) is -3.46. The fraction of sp³-hybridized carbons (Fsp3) is 0.105. The fourth-order valence-electron chi connectivity index (χ4n) is 2.39. The number of anilines is 1. The molecule has 3 aromatic rings. The van der Waals surface area contributed by atoms with Crippen LogP contribution in [-0.4, -0.2) is 25.2 Å². The van der Waals surface area contributed by atoms with Crippen LogP contribution >= 0.6 is 11.3 Å². The van der Waals surface area contributed by atoms with Crippen LogP contribution in [0, 0.1) is 5.82 Å². The van der Waals surface area contributed by atoms with Gasteiger partial charge in [0.15, 0.2) is 9.84 Å². The van der Waals surface area contributed by atoms with Crippen molar-refractivity contribution in [1.82, 2.24) is 0 Å². The molecule has 0 aliphatic rings. The minimum atomic E-state index is -3.46. The van der Waals surface area contributed by atoms with Crippen LogP contribution in [0.3, 0.4) is 0 Å². The Morgan fingerprint density at radius 3 is 2.48 bits per heavy atom. The van der Waals surface area contributed by atoms with Crippen molar-refractivity contribution >= 4 is 32.8 Å². The molecular formula is C19H16FNO4S2. The maximum atomic E-state index is 13.0. The highest BCUT2D eigenvalue weighted by Crippen LogP contribution is 2.31. The minimum Gasteiger partial charge on any atom is -0.506 e. The van der Waals surface area contributed by atoms with Gasteiger partial charge in [0, 0.05) is 4.88 Å². The molecule has 1 amide bonds. The molecule has 1 aromatic heterocycles. The van der Waals surface area contributed by atoms with Gasteiger partial charge in [0.2, 0.25) is 0 Å². The zero-order chi connectivity index (χ0) is 19.6. The summed E-state index contributed by atoms with van der Waals surface area (Å²) in [5.41, 5.74) is 0.797. The Morgan fingerprint density at radius 1 is 1.11 bits per heavy atom. The zero-order valence-electron chi connectivity index (χ0n) is 14.3. The van der Waals surface area contributed by atoms with E-state index in [9.17, 15) is 22.7 Å². The van der Waals surface area contributed by atoms with Crippen LogP contribution in [0.1, 0.15) is 16.6 Å². The summed E-state index contributed by atoms with van der Waals surface area (Å²) in [6, 6.07) is 13.0. The average Bonchev–Trinajstić information content (AvgIpc) is 3.14. The molecule has 1 heterocycles. The van der Waals surface area contributed by atoms with Crippen LogP contribution in [0.5, 0.6) is 5.75 Å². The highest BCUT2D eigenvalue weighted by molar-refractivity contribution is 7.91. The monoisotopic (exact) mass is 405 g/mol. The number of phenols is 1. The fourth-order valence-corrected chi connectivity index (χ4v) is 4.20. The second-order valence-electron chi connectivity index (χ2n) is 5.71. The minimum absolute atomic E-state index is 0.0197. The largest absolute Gasteiger partial charge is 0.506 e. The SMILES string of the molecule is CCS(=O)(=O)c1ccc(O)c(NC(=O)c2ccc(-c3ccc(F)cc3)s2)c1. The lowest BCUT2D eigenvalue weighted by Gasteiger charge is -2.09. The van der Waals surface area contributed by atoms with Gasteiger partial charge in [-0.05, 0) is 48.0 Å². The summed E-state index contributed by atoms with van der Waals surface area (Å²) in [4.78, 5) is 13.7. The zero-order valence-corrected chi connectivity index (χ0v) is 15.9. The van der Waals surface area contributed by atoms with E-state index < -0.39 is 15.7 Å². The molecule has 140 valence electrons. The lowest BCUT2D eigenvalue weighted by atomic mass is 10.2. The highest BCUT2D eigenvalue weighted by atomic mass is 32.2. The third-order valence-electron chi connectivity index (χ3n) is 3.91.